The highest BCUT2D eigenvalue weighted by Crippen LogP contribution is 2.26. The van der Waals surface area contributed by atoms with Crippen LogP contribution in [-0.4, -0.2) is 37.5 Å². The van der Waals surface area contributed by atoms with E-state index in [0.29, 0.717) is 5.92 Å². The average molecular weight is 288 g/mol. The maximum Gasteiger partial charge on any atom is 0.255 e. The minimum atomic E-state index is 0.146. The minimum Gasteiger partial charge on any atom is -0.341 e. The van der Waals surface area contributed by atoms with Crippen molar-refractivity contribution in [1.29, 1.82) is 0 Å². The van der Waals surface area contributed by atoms with Crippen LogP contribution in [0.15, 0.2) is 29.6 Å². The van der Waals surface area contributed by atoms with Gasteiger partial charge in [0.05, 0.1) is 5.56 Å². The first-order chi connectivity index (χ1) is 9.75. The minimum absolute atomic E-state index is 0.146. The van der Waals surface area contributed by atoms with E-state index in [2.05, 4.69) is 11.4 Å². The van der Waals surface area contributed by atoms with Crippen LogP contribution in [-0.2, 0) is 0 Å². The molecule has 3 rings (SSSR count). The number of carbonyl (C=O) groups is 1. The van der Waals surface area contributed by atoms with E-state index in [9.17, 15) is 4.79 Å². The van der Waals surface area contributed by atoms with E-state index in [0.717, 1.165) is 30.6 Å². The summed E-state index contributed by atoms with van der Waals surface area (Å²) in [5.74, 6) is 0.732. The van der Waals surface area contributed by atoms with Gasteiger partial charge in [0.2, 0.25) is 0 Å². The molecule has 2 heterocycles. The molecule has 1 aromatic carbocycles. The molecule has 0 bridgehead atoms. The first kappa shape index (κ1) is 13.6. The third kappa shape index (κ3) is 2.72. The van der Waals surface area contributed by atoms with Gasteiger partial charge in [-0.1, -0.05) is 18.2 Å². The molecule has 1 atom stereocenters. The second-order valence-electron chi connectivity index (χ2n) is 5.54. The number of thiophene rings is 1. The Hall–Kier alpha value is -1.39. The van der Waals surface area contributed by atoms with E-state index in [-0.39, 0.29) is 5.91 Å². The smallest absolute Gasteiger partial charge is 0.255 e. The molecule has 0 radical (unpaired) electrons. The second kappa shape index (κ2) is 5.94. The number of amides is 1. The number of hydrogen-bond acceptors (Lipinski definition) is 3. The zero-order valence-corrected chi connectivity index (χ0v) is 12.6. The van der Waals surface area contributed by atoms with Crippen molar-refractivity contribution in [3.05, 3.63) is 35.2 Å². The van der Waals surface area contributed by atoms with Gasteiger partial charge in [-0.05, 0) is 37.9 Å². The molecule has 106 valence electrons. The molecule has 2 aromatic rings. The number of carbonyl (C=O) groups excluding carboxylic acids is 1. The van der Waals surface area contributed by atoms with E-state index < -0.39 is 0 Å². The maximum absolute atomic E-state index is 12.6. The second-order valence-corrected chi connectivity index (χ2v) is 6.45. The Morgan fingerprint density at radius 3 is 3.10 bits per heavy atom. The Labute approximate surface area is 123 Å². The number of rotatable bonds is 3. The van der Waals surface area contributed by atoms with E-state index >= 15 is 0 Å². The molecule has 3 nitrogen and oxygen atoms in total. The van der Waals surface area contributed by atoms with Crippen LogP contribution in [0.25, 0.3) is 10.1 Å². The summed E-state index contributed by atoms with van der Waals surface area (Å²) >= 11 is 1.65. The Balaban J connectivity index is 1.74. The summed E-state index contributed by atoms with van der Waals surface area (Å²) < 4.78 is 1.18. The third-order valence-electron chi connectivity index (χ3n) is 3.99. The van der Waals surface area contributed by atoms with Crippen LogP contribution in [0.5, 0.6) is 0 Å². The lowest BCUT2D eigenvalue weighted by Crippen LogP contribution is -2.39. The van der Waals surface area contributed by atoms with Gasteiger partial charge in [-0.2, -0.15) is 0 Å². The molecule has 1 saturated heterocycles. The number of hydrogen-bond donors (Lipinski definition) is 1. The van der Waals surface area contributed by atoms with Crippen molar-refractivity contribution in [1.82, 2.24) is 10.2 Å². The summed E-state index contributed by atoms with van der Waals surface area (Å²) in [6.45, 7) is 2.99. The number of piperidine rings is 1. The summed E-state index contributed by atoms with van der Waals surface area (Å²) in [6.07, 6.45) is 2.43. The normalized spacial score (nSPS) is 19.1. The molecule has 1 aliphatic rings. The molecular formula is C16H20N2OS. The lowest BCUT2D eigenvalue weighted by atomic mass is 9.99. The molecule has 1 unspecified atom stereocenters. The van der Waals surface area contributed by atoms with Gasteiger partial charge >= 0.3 is 0 Å². The Bertz CT molecular complexity index is 601. The SMILES string of the molecule is CN(CC1CCCNC1)C(=O)c1csc2ccccc12. The molecule has 1 aliphatic heterocycles. The van der Waals surface area contributed by atoms with E-state index in [4.69, 9.17) is 0 Å². The van der Waals surface area contributed by atoms with Crippen LogP contribution >= 0.6 is 11.3 Å². The van der Waals surface area contributed by atoms with Crippen molar-refractivity contribution in [3.63, 3.8) is 0 Å². The Morgan fingerprint density at radius 2 is 2.30 bits per heavy atom. The van der Waals surface area contributed by atoms with Crippen molar-refractivity contribution in [2.75, 3.05) is 26.7 Å². The Kier molecular flexibility index (Phi) is 4.03. The summed E-state index contributed by atoms with van der Waals surface area (Å²) in [6, 6.07) is 8.12. The molecule has 1 amide bonds. The molecule has 1 aromatic heterocycles. The van der Waals surface area contributed by atoms with Gasteiger partial charge in [-0.15, -0.1) is 11.3 Å². The first-order valence-corrected chi connectivity index (χ1v) is 8.06. The number of nitrogens with one attached hydrogen (secondary N) is 1. The molecule has 1 fully saturated rings. The number of benzene rings is 1. The van der Waals surface area contributed by atoms with Gasteiger partial charge in [0, 0.05) is 29.1 Å². The fraction of sp³-hybridized carbons (Fsp3) is 0.438. The summed E-state index contributed by atoms with van der Waals surface area (Å²) in [7, 11) is 1.92. The van der Waals surface area contributed by atoms with E-state index in [1.807, 2.05) is 35.5 Å². The van der Waals surface area contributed by atoms with Gasteiger partial charge in [0.1, 0.15) is 0 Å². The molecule has 4 heteroatoms. The van der Waals surface area contributed by atoms with Crippen LogP contribution in [0, 0.1) is 5.92 Å². The lowest BCUT2D eigenvalue weighted by Gasteiger charge is -2.27. The zero-order valence-electron chi connectivity index (χ0n) is 11.8. The van der Waals surface area contributed by atoms with Crippen molar-refractivity contribution < 1.29 is 4.79 Å². The van der Waals surface area contributed by atoms with Crippen LogP contribution in [0.1, 0.15) is 23.2 Å². The standard InChI is InChI=1S/C16H20N2OS/c1-18(10-12-5-4-8-17-9-12)16(19)14-11-20-15-7-3-2-6-13(14)15/h2-3,6-7,11-12,17H,4-5,8-10H2,1H3. The van der Waals surface area contributed by atoms with Gasteiger partial charge < -0.3 is 10.2 Å². The van der Waals surface area contributed by atoms with Gasteiger partial charge in [-0.25, -0.2) is 0 Å². The third-order valence-corrected chi connectivity index (χ3v) is 4.95. The summed E-state index contributed by atoms with van der Waals surface area (Å²) in [5.41, 5.74) is 0.844. The maximum atomic E-state index is 12.6. The molecule has 20 heavy (non-hydrogen) atoms. The van der Waals surface area contributed by atoms with Crippen LogP contribution < -0.4 is 5.32 Å². The van der Waals surface area contributed by atoms with Crippen LogP contribution in [0.2, 0.25) is 0 Å². The average Bonchev–Trinajstić information content (AvgIpc) is 2.91. The topological polar surface area (TPSA) is 32.3 Å². The largest absolute Gasteiger partial charge is 0.341 e. The van der Waals surface area contributed by atoms with E-state index in [1.54, 1.807) is 11.3 Å². The predicted molar refractivity (Wildman–Crippen MR) is 84.4 cm³/mol. The predicted octanol–water partition coefficient (Wildman–Crippen LogP) is 2.97. The summed E-state index contributed by atoms with van der Waals surface area (Å²) in [4.78, 5) is 14.5. The van der Waals surface area contributed by atoms with Crippen molar-refractivity contribution in [2.24, 2.45) is 5.92 Å². The van der Waals surface area contributed by atoms with Crippen LogP contribution in [0.3, 0.4) is 0 Å². The zero-order chi connectivity index (χ0) is 13.9. The van der Waals surface area contributed by atoms with Crippen LogP contribution in [0.4, 0.5) is 0 Å². The van der Waals surface area contributed by atoms with Crippen molar-refractivity contribution >= 4 is 27.3 Å². The Morgan fingerprint density at radius 1 is 1.45 bits per heavy atom. The van der Waals surface area contributed by atoms with Gasteiger partial charge in [0.25, 0.3) is 5.91 Å². The molecular weight excluding hydrogens is 268 g/mol. The van der Waals surface area contributed by atoms with Crippen molar-refractivity contribution in [2.45, 2.75) is 12.8 Å². The van der Waals surface area contributed by atoms with Gasteiger partial charge in [-0.3, -0.25) is 4.79 Å². The highest BCUT2D eigenvalue weighted by Gasteiger charge is 2.20. The highest BCUT2D eigenvalue weighted by atomic mass is 32.1. The molecule has 1 N–H and O–H groups in total. The highest BCUT2D eigenvalue weighted by molar-refractivity contribution is 7.17. The quantitative estimate of drug-likeness (QED) is 0.941. The first-order valence-electron chi connectivity index (χ1n) is 7.18. The molecule has 0 spiro atoms. The van der Waals surface area contributed by atoms with Gasteiger partial charge in [0.15, 0.2) is 0 Å². The lowest BCUT2D eigenvalue weighted by molar-refractivity contribution is 0.0767. The molecule has 0 aliphatic carbocycles. The molecule has 0 saturated carbocycles. The summed E-state index contributed by atoms with van der Waals surface area (Å²) in [5, 5.41) is 6.48. The fourth-order valence-corrected chi connectivity index (χ4v) is 3.83. The number of nitrogens with zero attached hydrogens (tertiary/aromatic N) is 1. The van der Waals surface area contributed by atoms with Crippen molar-refractivity contribution in [3.8, 4) is 0 Å². The fourth-order valence-electron chi connectivity index (χ4n) is 2.90. The number of fused-ring (bicyclic) bond motifs is 1. The monoisotopic (exact) mass is 288 g/mol. The van der Waals surface area contributed by atoms with E-state index in [1.165, 1.54) is 17.5 Å².